The first-order chi connectivity index (χ1) is 11.6. The molecule has 0 atom stereocenters. The maximum Gasteiger partial charge on any atom is 0.251 e. The third-order valence-electron chi connectivity index (χ3n) is 3.18. The van der Waals surface area contributed by atoms with Gasteiger partial charge in [-0.1, -0.05) is 0 Å². The van der Waals surface area contributed by atoms with Crippen molar-refractivity contribution in [2.24, 2.45) is 0 Å². The van der Waals surface area contributed by atoms with E-state index < -0.39 is 0 Å². The van der Waals surface area contributed by atoms with E-state index in [4.69, 9.17) is 13.9 Å². The summed E-state index contributed by atoms with van der Waals surface area (Å²) in [7, 11) is 1.53. The first kappa shape index (κ1) is 17.4. The quantitative estimate of drug-likeness (QED) is 0.768. The zero-order valence-corrected chi connectivity index (χ0v) is 13.6. The zero-order valence-electron chi connectivity index (χ0n) is 13.6. The summed E-state index contributed by atoms with van der Waals surface area (Å²) in [6.07, 6.45) is 1.53. The molecule has 0 aliphatic rings. The van der Waals surface area contributed by atoms with Gasteiger partial charge in [0.2, 0.25) is 5.91 Å². The molecule has 128 valence electrons. The third kappa shape index (κ3) is 4.77. The molecular weight excluding hydrogens is 312 g/mol. The summed E-state index contributed by atoms with van der Waals surface area (Å²) in [5.74, 6) is 0.996. The smallest absolute Gasteiger partial charge is 0.251 e. The number of carbonyl (C=O) groups excluding carboxylic acids is 2. The number of furan rings is 1. The highest BCUT2D eigenvalue weighted by Gasteiger charge is 2.12. The summed E-state index contributed by atoms with van der Waals surface area (Å²) < 4.78 is 15.7. The molecule has 2 rings (SSSR count). The number of carbonyl (C=O) groups is 2. The molecule has 1 aromatic heterocycles. The predicted molar refractivity (Wildman–Crippen MR) is 87.1 cm³/mol. The molecule has 0 bridgehead atoms. The van der Waals surface area contributed by atoms with Crippen LogP contribution >= 0.6 is 0 Å². The normalized spacial score (nSPS) is 10.1. The molecule has 0 saturated heterocycles. The van der Waals surface area contributed by atoms with Crippen LogP contribution in [0.15, 0.2) is 41.0 Å². The van der Waals surface area contributed by atoms with Crippen LogP contribution in [0.2, 0.25) is 0 Å². The number of benzene rings is 1. The molecule has 2 amide bonds. The number of amides is 2. The van der Waals surface area contributed by atoms with Gasteiger partial charge in [-0.3, -0.25) is 9.59 Å². The molecule has 0 radical (unpaired) electrons. The van der Waals surface area contributed by atoms with Gasteiger partial charge in [-0.25, -0.2) is 0 Å². The van der Waals surface area contributed by atoms with Gasteiger partial charge in [0.15, 0.2) is 11.5 Å². The molecule has 7 heteroatoms. The molecule has 24 heavy (non-hydrogen) atoms. The summed E-state index contributed by atoms with van der Waals surface area (Å²) in [4.78, 5) is 23.9. The minimum absolute atomic E-state index is 0.129. The third-order valence-corrected chi connectivity index (χ3v) is 3.18. The van der Waals surface area contributed by atoms with Gasteiger partial charge in [0.1, 0.15) is 5.76 Å². The Morgan fingerprint density at radius 3 is 2.67 bits per heavy atom. The molecular formula is C17H20N2O5. The summed E-state index contributed by atoms with van der Waals surface area (Å²) in [5.41, 5.74) is 0.387. The van der Waals surface area contributed by atoms with Crippen molar-refractivity contribution in [2.45, 2.75) is 13.5 Å². The van der Waals surface area contributed by atoms with Crippen molar-refractivity contribution in [3.63, 3.8) is 0 Å². The van der Waals surface area contributed by atoms with E-state index >= 15 is 0 Å². The Kier molecular flexibility index (Phi) is 6.24. The predicted octanol–water partition coefficient (Wildman–Crippen LogP) is 1.73. The van der Waals surface area contributed by atoms with Gasteiger partial charge in [-0.05, 0) is 37.3 Å². The average Bonchev–Trinajstić information content (AvgIpc) is 3.11. The minimum atomic E-state index is -0.369. The lowest BCUT2D eigenvalue weighted by Gasteiger charge is -2.11. The summed E-state index contributed by atoms with van der Waals surface area (Å²) in [5, 5.41) is 5.21. The van der Waals surface area contributed by atoms with Crippen molar-refractivity contribution in [1.82, 2.24) is 10.6 Å². The van der Waals surface area contributed by atoms with Gasteiger partial charge in [0.25, 0.3) is 5.91 Å². The fourth-order valence-electron chi connectivity index (χ4n) is 2.01. The molecule has 0 spiro atoms. The van der Waals surface area contributed by atoms with E-state index in [0.717, 1.165) is 0 Å². The molecule has 1 heterocycles. The molecule has 2 aromatic rings. The molecule has 0 unspecified atom stereocenters. The lowest BCUT2D eigenvalue weighted by molar-refractivity contribution is -0.120. The Bertz CT molecular complexity index is 682. The van der Waals surface area contributed by atoms with Gasteiger partial charge in [0.05, 0.1) is 33.1 Å². The number of ether oxygens (including phenoxy) is 2. The monoisotopic (exact) mass is 332 g/mol. The first-order valence-electron chi connectivity index (χ1n) is 7.52. The Labute approximate surface area is 139 Å². The summed E-state index contributed by atoms with van der Waals surface area (Å²) in [6, 6.07) is 8.33. The Hall–Kier alpha value is -2.96. The fraction of sp³-hybridized carbons (Fsp3) is 0.294. The Morgan fingerprint density at radius 1 is 1.17 bits per heavy atom. The Morgan fingerprint density at radius 2 is 2.00 bits per heavy atom. The van der Waals surface area contributed by atoms with Gasteiger partial charge in [-0.2, -0.15) is 0 Å². The van der Waals surface area contributed by atoms with Gasteiger partial charge < -0.3 is 24.5 Å². The molecule has 0 aliphatic heterocycles. The highest BCUT2D eigenvalue weighted by Crippen LogP contribution is 2.27. The van der Waals surface area contributed by atoms with Gasteiger partial charge in [0, 0.05) is 5.56 Å². The molecule has 1 aromatic carbocycles. The topological polar surface area (TPSA) is 89.8 Å². The standard InChI is InChI=1S/C17H20N2O5/c1-3-23-15-9-12(6-7-14(15)22-2)17(21)19-11-16(20)18-10-13-5-4-8-24-13/h4-9H,3,10-11H2,1-2H3,(H,18,20)(H,19,21). The van der Waals surface area contributed by atoms with Crippen molar-refractivity contribution < 1.29 is 23.5 Å². The van der Waals surface area contributed by atoms with Crippen molar-refractivity contribution >= 4 is 11.8 Å². The molecule has 7 nitrogen and oxygen atoms in total. The highest BCUT2D eigenvalue weighted by molar-refractivity contribution is 5.97. The van der Waals surface area contributed by atoms with Crippen molar-refractivity contribution in [2.75, 3.05) is 20.3 Å². The number of methoxy groups -OCH3 is 1. The average molecular weight is 332 g/mol. The van der Waals surface area contributed by atoms with E-state index in [-0.39, 0.29) is 24.9 Å². The minimum Gasteiger partial charge on any atom is -0.493 e. The molecule has 0 saturated carbocycles. The highest BCUT2D eigenvalue weighted by atomic mass is 16.5. The van der Waals surface area contributed by atoms with E-state index in [9.17, 15) is 9.59 Å². The van der Waals surface area contributed by atoms with Crippen molar-refractivity contribution in [1.29, 1.82) is 0 Å². The van der Waals surface area contributed by atoms with Gasteiger partial charge >= 0.3 is 0 Å². The second-order valence-corrected chi connectivity index (χ2v) is 4.84. The first-order valence-corrected chi connectivity index (χ1v) is 7.52. The SMILES string of the molecule is CCOc1cc(C(=O)NCC(=O)NCc2ccco2)ccc1OC. The lowest BCUT2D eigenvalue weighted by Crippen LogP contribution is -2.36. The van der Waals surface area contributed by atoms with E-state index in [1.165, 1.54) is 13.4 Å². The van der Waals surface area contributed by atoms with E-state index in [1.54, 1.807) is 30.3 Å². The number of hydrogen-bond acceptors (Lipinski definition) is 5. The van der Waals surface area contributed by atoms with Crippen LogP contribution in [0.4, 0.5) is 0 Å². The molecule has 2 N–H and O–H groups in total. The van der Waals surface area contributed by atoms with Crippen molar-refractivity contribution in [3.8, 4) is 11.5 Å². The van der Waals surface area contributed by atoms with Crippen LogP contribution in [-0.2, 0) is 11.3 Å². The summed E-state index contributed by atoms with van der Waals surface area (Å²) >= 11 is 0. The van der Waals surface area contributed by atoms with E-state index in [2.05, 4.69) is 10.6 Å². The number of rotatable bonds is 8. The van der Waals surface area contributed by atoms with Crippen molar-refractivity contribution in [3.05, 3.63) is 47.9 Å². The number of nitrogens with one attached hydrogen (secondary N) is 2. The van der Waals surface area contributed by atoms with Crippen LogP contribution < -0.4 is 20.1 Å². The van der Waals surface area contributed by atoms with Crippen LogP contribution in [0.5, 0.6) is 11.5 Å². The fourth-order valence-corrected chi connectivity index (χ4v) is 2.01. The van der Waals surface area contributed by atoms with Crippen LogP contribution in [0.25, 0.3) is 0 Å². The Balaban J connectivity index is 1.87. The lowest BCUT2D eigenvalue weighted by atomic mass is 10.2. The number of hydrogen-bond donors (Lipinski definition) is 2. The van der Waals surface area contributed by atoms with Crippen LogP contribution in [-0.4, -0.2) is 32.1 Å². The largest absolute Gasteiger partial charge is 0.493 e. The van der Waals surface area contributed by atoms with Crippen LogP contribution in [0.1, 0.15) is 23.0 Å². The molecule has 0 aliphatic carbocycles. The second-order valence-electron chi connectivity index (χ2n) is 4.84. The zero-order chi connectivity index (χ0) is 17.4. The molecule has 0 fully saturated rings. The van der Waals surface area contributed by atoms with E-state index in [0.29, 0.717) is 29.4 Å². The van der Waals surface area contributed by atoms with E-state index in [1.807, 2.05) is 6.92 Å². The van der Waals surface area contributed by atoms with Crippen LogP contribution in [0, 0.1) is 0 Å². The maximum absolute atomic E-state index is 12.1. The van der Waals surface area contributed by atoms with Crippen LogP contribution in [0.3, 0.4) is 0 Å². The van der Waals surface area contributed by atoms with Gasteiger partial charge in [-0.15, -0.1) is 0 Å². The maximum atomic E-state index is 12.1. The summed E-state index contributed by atoms with van der Waals surface area (Å²) in [6.45, 7) is 2.44. The second kappa shape index (κ2) is 8.61.